The number of anilines is 1. The van der Waals surface area contributed by atoms with Crippen LogP contribution in [0.4, 0.5) is 19.3 Å². The van der Waals surface area contributed by atoms with Crippen LogP contribution in [0, 0.1) is 11.6 Å². The fraction of sp³-hybridized carbons (Fsp3) is 0.200. The first-order chi connectivity index (χ1) is 15.1. The Morgan fingerprint density at radius 1 is 1.19 bits per heavy atom. The summed E-state index contributed by atoms with van der Waals surface area (Å²) in [6.07, 6.45) is -1.20. The molecule has 0 spiro atoms. The minimum atomic E-state index is -4.63. The Hall–Kier alpha value is -3.09. The average molecular weight is 483 g/mol. The number of rotatable bonds is 8. The second-order valence-corrected chi connectivity index (χ2v) is 9.92. The van der Waals surface area contributed by atoms with Gasteiger partial charge in [-0.15, -0.1) is 11.3 Å². The molecule has 12 heteroatoms. The Morgan fingerprint density at radius 2 is 1.81 bits per heavy atom. The number of carbonyl (C=O) groups excluding carboxylic acids is 1. The normalized spacial score (nSPS) is 11.5. The SMILES string of the molecule is CN(C)Cc1ccccc1CNc1cc(F)c(S(=O)(=O)c2nc(OC(N)=O)cs2)c(F)c1. The summed E-state index contributed by atoms with van der Waals surface area (Å²) in [5.74, 6) is -2.93. The smallest absolute Gasteiger partial charge is 0.390 e. The van der Waals surface area contributed by atoms with E-state index in [1.54, 1.807) is 0 Å². The van der Waals surface area contributed by atoms with Gasteiger partial charge in [-0.05, 0) is 37.4 Å². The minimum Gasteiger partial charge on any atom is -0.390 e. The molecular weight excluding hydrogens is 462 g/mol. The summed E-state index contributed by atoms with van der Waals surface area (Å²) >= 11 is 0.544. The molecule has 1 heterocycles. The van der Waals surface area contributed by atoms with Crippen LogP contribution in [0.2, 0.25) is 0 Å². The minimum absolute atomic E-state index is 0.0792. The fourth-order valence-electron chi connectivity index (χ4n) is 2.95. The molecule has 8 nitrogen and oxygen atoms in total. The first-order valence-corrected chi connectivity index (χ1v) is 11.6. The molecule has 3 N–H and O–H groups in total. The molecule has 3 aromatic rings. The van der Waals surface area contributed by atoms with E-state index in [1.165, 1.54) is 0 Å². The standard InChI is InChI=1S/C20H20F2N4O4S2/c1-26(2)10-13-6-4-3-5-12(13)9-24-14-7-15(21)18(16(22)8-14)32(28,29)20-25-17(11-31-20)30-19(23)27/h3-8,11,24H,9-10H2,1-2H3,(H2,23,27). The van der Waals surface area contributed by atoms with Crippen molar-refractivity contribution in [3.8, 4) is 5.88 Å². The van der Waals surface area contributed by atoms with Crippen molar-refractivity contribution in [3.05, 3.63) is 64.5 Å². The number of amides is 1. The van der Waals surface area contributed by atoms with Crippen molar-refractivity contribution < 1.29 is 26.7 Å². The van der Waals surface area contributed by atoms with Crippen molar-refractivity contribution in [2.24, 2.45) is 5.73 Å². The average Bonchev–Trinajstić information content (AvgIpc) is 3.15. The molecule has 0 fully saturated rings. The molecule has 0 atom stereocenters. The highest BCUT2D eigenvalue weighted by atomic mass is 32.2. The van der Waals surface area contributed by atoms with Gasteiger partial charge in [-0.1, -0.05) is 24.3 Å². The summed E-state index contributed by atoms with van der Waals surface area (Å²) < 4.78 is 58.6. The van der Waals surface area contributed by atoms with Gasteiger partial charge in [-0.3, -0.25) is 0 Å². The summed E-state index contributed by atoms with van der Waals surface area (Å²) in [7, 11) is -0.767. The molecule has 0 bridgehead atoms. The van der Waals surface area contributed by atoms with Crippen molar-refractivity contribution >= 4 is 33.0 Å². The fourth-order valence-corrected chi connectivity index (χ4v) is 5.31. The van der Waals surface area contributed by atoms with E-state index < -0.39 is 36.8 Å². The summed E-state index contributed by atoms with van der Waals surface area (Å²) in [4.78, 5) is 15.2. The third-order valence-electron chi connectivity index (χ3n) is 4.25. The van der Waals surface area contributed by atoms with Gasteiger partial charge in [-0.2, -0.15) is 4.98 Å². The molecule has 0 aliphatic carbocycles. The number of nitrogens with one attached hydrogen (secondary N) is 1. The van der Waals surface area contributed by atoms with Crippen LogP contribution in [0.5, 0.6) is 5.88 Å². The quantitative estimate of drug-likeness (QED) is 0.506. The number of halogens is 2. The molecule has 0 aliphatic heterocycles. The highest BCUT2D eigenvalue weighted by molar-refractivity contribution is 7.93. The Morgan fingerprint density at radius 3 is 2.41 bits per heavy atom. The van der Waals surface area contributed by atoms with Gasteiger partial charge in [0.15, 0.2) is 0 Å². The van der Waals surface area contributed by atoms with Crippen LogP contribution < -0.4 is 15.8 Å². The van der Waals surface area contributed by atoms with E-state index in [4.69, 9.17) is 5.73 Å². The Labute approximate surface area is 187 Å². The van der Waals surface area contributed by atoms with Gasteiger partial charge in [0.2, 0.25) is 20.1 Å². The third-order valence-corrected chi connectivity index (χ3v) is 7.29. The molecule has 1 aromatic heterocycles. The predicted molar refractivity (Wildman–Crippen MR) is 115 cm³/mol. The summed E-state index contributed by atoms with van der Waals surface area (Å²) in [5.41, 5.74) is 6.90. The van der Waals surface area contributed by atoms with E-state index in [-0.39, 0.29) is 18.1 Å². The Kier molecular flexibility index (Phi) is 7.06. The second-order valence-electron chi connectivity index (χ2n) is 7.01. The van der Waals surface area contributed by atoms with Crippen molar-refractivity contribution in [1.82, 2.24) is 9.88 Å². The van der Waals surface area contributed by atoms with Gasteiger partial charge in [0.05, 0.1) is 5.38 Å². The number of nitrogens with two attached hydrogens (primary N) is 1. The van der Waals surface area contributed by atoms with Gasteiger partial charge in [0, 0.05) is 18.8 Å². The van der Waals surface area contributed by atoms with Crippen molar-refractivity contribution in [2.45, 2.75) is 22.3 Å². The monoisotopic (exact) mass is 482 g/mol. The zero-order valence-electron chi connectivity index (χ0n) is 17.1. The highest BCUT2D eigenvalue weighted by Crippen LogP contribution is 2.32. The van der Waals surface area contributed by atoms with Gasteiger partial charge in [-0.25, -0.2) is 22.0 Å². The molecule has 0 radical (unpaired) electrons. The lowest BCUT2D eigenvalue weighted by Gasteiger charge is -2.15. The van der Waals surface area contributed by atoms with Crippen molar-refractivity contribution in [1.29, 1.82) is 0 Å². The number of ether oxygens (including phenoxy) is 1. The van der Waals surface area contributed by atoms with Gasteiger partial charge < -0.3 is 20.7 Å². The first-order valence-electron chi connectivity index (χ1n) is 9.20. The van der Waals surface area contributed by atoms with Crippen LogP contribution in [-0.4, -0.2) is 38.5 Å². The maximum absolute atomic E-state index is 14.7. The predicted octanol–water partition coefficient (Wildman–Crippen LogP) is 3.39. The van der Waals surface area contributed by atoms with Crippen LogP contribution in [0.1, 0.15) is 11.1 Å². The van der Waals surface area contributed by atoms with Crippen molar-refractivity contribution in [3.63, 3.8) is 0 Å². The molecule has 1 amide bonds. The molecular formula is C20H20F2N4O4S2. The van der Waals surface area contributed by atoms with Crippen molar-refractivity contribution in [2.75, 3.05) is 19.4 Å². The van der Waals surface area contributed by atoms with Crippen LogP contribution >= 0.6 is 11.3 Å². The number of thiazole rings is 1. The zero-order valence-corrected chi connectivity index (χ0v) is 18.8. The van der Waals surface area contributed by atoms with Crippen LogP contribution in [0.25, 0.3) is 0 Å². The molecule has 0 aliphatic rings. The number of sulfone groups is 1. The highest BCUT2D eigenvalue weighted by Gasteiger charge is 2.30. The lowest BCUT2D eigenvalue weighted by Crippen LogP contribution is -2.16. The molecule has 170 valence electrons. The summed E-state index contributed by atoms with van der Waals surface area (Å²) in [5, 5.41) is 4.01. The van der Waals surface area contributed by atoms with Gasteiger partial charge in [0.1, 0.15) is 16.5 Å². The second kappa shape index (κ2) is 9.59. The number of hydrogen-bond acceptors (Lipinski definition) is 8. The summed E-state index contributed by atoms with van der Waals surface area (Å²) in [6.45, 7) is 0.975. The van der Waals surface area contributed by atoms with E-state index in [9.17, 15) is 22.0 Å². The molecule has 0 saturated carbocycles. The van der Waals surface area contributed by atoms with E-state index in [2.05, 4.69) is 15.0 Å². The molecule has 32 heavy (non-hydrogen) atoms. The number of primary amides is 1. The molecule has 3 rings (SSSR count). The third kappa shape index (κ3) is 5.39. The van der Waals surface area contributed by atoms with Crippen LogP contribution in [-0.2, 0) is 22.9 Å². The maximum atomic E-state index is 14.7. The van der Waals surface area contributed by atoms with E-state index >= 15 is 0 Å². The van der Waals surface area contributed by atoms with Gasteiger partial charge in [0.25, 0.3) is 0 Å². The largest absolute Gasteiger partial charge is 0.411 e. The van der Waals surface area contributed by atoms with E-state index in [0.29, 0.717) is 17.9 Å². The number of carbonyl (C=O) groups is 1. The van der Waals surface area contributed by atoms with E-state index in [1.807, 2.05) is 43.3 Å². The summed E-state index contributed by atoms with van der Waals surface area (Å²) in [6, 6.07) is 9.42. The first kappa shape index (κ1) is 23.6. The lowest BCUT2D eigenvalue weighted by atomic mass is 10.1. The number of benzene rings is 2. The number of aromatic nitrogens is 1. The molecule has 0 unspecified atom stereocenters. The maximum Gasteiger partial charge on any atom is 0.411 e. The Balaban J connectivity index is 1.84. The molecule has 2 aromatic carbocycles. The van der Waals surface area contributed by atoms with Gasteiger partial charge >= 0.3 is 6.09 Å². The zero-order chi connectivity index (χ0) is 23.5. The lowest BCUT2D eigenvalue weighted by molar-refractivity contribution is 0.209. The number of hydrogen-bond donors (Lipinski definition) is 2. The topological polar surface area (TPSA) is 115 Å². The molecule has 0 saturated heterocycles. The van der Waals surface area contributed by atoms with Crippen LogP contribution in [0.15, 0.2) is 51.0 Å². The number of nitrogens with zero attached hydrogens (tertiary/aromatic N) is 2. The van der Waals surface area contributed by atoms with Crippen LogP contribution in [0.3, 0.4) is 0 Å². The Bertz CT molecular complexity index is 1220. The van der Waals surface area contributed by atoms with E-state index in [0.717, 1.165) is 28.6 Å².